The minimum Gasteiger partial charge on any atom is -0.345 e. The van der Waals surface area contributed by atoms with Crippen molar-refractivity contribution in [1.82, 2.24) is 5.32 Å². The molecule has 0 fully saturated rings. The number of rotatable bonds is 7. The summed E-state index contributed by atoms with van der Waals surface area (Å²) in [6.45, 7) is -1.82. The van der Waals surface area contributed by atoms with Crippen LogP contribution >= 0.6 is 0 Å². The van der Waals surface area contributed by atoms with Crippen LogP contribution in [0, 0.1) is 17.0 Å². The summed E-state index contributed by atoms with van der Waals surface area (Å²) < 4.78 is 103. The van der Waals surface area contributed by atoms with E-state index < -0.39 is 68.1 Å². The Morgan fingerprint density at radius 1 is 1.09 bits per heavy atom. The van der Waals surface area contributed by atoms with E-state index in [1.54, 1.807) is 0 Å². The first-order chi connectivity index (χ1) is 15.0. The van der Waals surface area contributed by atoms with Gasteiger partial charge in [-0.05, 0) is 31.2 Å². The van der Waals surface area contributed by atoms with Gasteiger partial charge in [0, 0.05) is 11.6 Å². The van der Waals surface area contributed by atoms with Gasteiger partial charge in [0.05, 0.1) is 21.1 Å². The van der Waals surface area contributed by atoms with Crippen LogP contribution in [0.4, 0.5) is 37.7 Å². The van der Waals surface area contributed by atoms with Crippen LogP contribution in [0.1, 0.15) is 11.1 Å². The molecule has 2 rings (SSSR count). The molecule has 0 atom stereocenters. The molecule has 0 saturated heterocycles. The van der Waals surface area contributed by atoms with Gasteiger partial charge in [0.1, 0.15) is 13.1 Å². The van der Waals surface area contributed by atoms with E-state index in [-0.39, 0.29) is 9.87 Å². The van der Waals surface area contributed by atoms with Crippen LogP contribution in [0.5, 0.6) is 0 Å². The van der Waals surface area contributed by atoms with Crippen molar-refractivity contribution in [2.75, 3.05) is 17.4 Å². The molecule has 33 heavy (non-hydrogen) atoms. The molecular formula is C18H15F6N3O5S. The van der Waals surface area contributed by atoms with Gasteiger partial charge in [-0.3, -0.25) is 19.2 Å². The highest BCUT2D eigenvalue weighted by molar-refractivity contribution is 7.92. The van der Waals surface area contributed by atoms with Gasteiger partial charge >= 0.3 is 12.4 Å². The minimum atomic E-state index is -4.92. The lowest BCUT2D eigenvalue weighted by molar-refractivity contribution is -0.385. The largest absolute Gasteiger partial charge is 0.416 e. The lowest BCUT2D eigenvalue weighted by Gasteiger charge is -2.25. The molecule has 0 spiro atoms. The molecule has 1 amide bonds. The number of hydrogen-bond donors (Lipinski definition) is 1. The molecule has 15 heteroatoms. The van der Waals surface area contributed by atoms with E-state index >= 15 is 0 Å². The molecule has 0 unspecified atom stereocenters. The molecule has 0 aromatic heterocycles. The summed E-state index contributed by atoms with van der Waals surface area (Å²) in [4.78, 5) is 21.5. The highest BCUT2D eigenvalue weighted by atomic mass is 32.2. The molecule has 2 aromatic rings. The molecule has 0 aliphatic rings. The second kappa shape index (κ2) is 9.25. The van der Waals surface area contributed by atoms with E-state index in [0.29, 0.717) is 18.2 Å². The smallest absolute Gasteiger partial charge is 0.345 e. The first-order valence-electron chi connectivity index (χ1n) is 8.81. The number of carbonyl (C=O) groups is 1. The average Bonchev–Trinajstić information content (AvgIpc) is 2.69. The first-order valence-corrected chi connectivity index (χ1v) is 10.2. The molecule has 1 N–H and O–H groups in total. The number of aryl methyl sites for hydroxylation is 1. The third kappa shape index (κ3) is 6.57. The Morgan fingerprint density at radius 2 is 1.73 bits per heavy atom. The topological polar surface area (TPSA) is 110 Å². The second-order valence-corrected chi connectivity index (χ2v) is 8.52. The summed E-state index contributed by atoms with van der Waals surface area (Å²) in [6.07, 6.45) is -9.72. The number of nitro groups is 1. The van der Waals surface area contributed by atoms with Crippen molar-refractivity contribution in [2.45, 2.75) is 24.2 Å². The van der Waals surface area contributed by atoms with Crippen molar-refractivity contribution in [1.29, 1.82) is 0 Å². The monoisotopic (exact) mass is 499 g/mol. The molecule has 0 heterocycles. The third-order valence-corrected chi connectivity index (χ3v) is 5.97. The lowest BCUT2D eigenvalue weighted by Crippen LogP contribution is -2.43. The Morgan fingerprint density at radius 3 is 2.27 bits per heavy atom. The molecule has 8 nitrogen and oxygen atoms in total. The lowest BCUT2D eigenvalue weighted by atomic mass is 10.2. The number of nitro benzene ring substituents is 1. The number of nitrogens with zero attached hydrogens (tertiary/aromatic N) is 2. The summed E-state index contributed by atoms with van der Waals surface area (Å²) in [5, 5.41) is 12.6. The van der Waals surface area contributed by atoms with Crippen LogP contribution in [0.2, 0.25) is 0 Å². The van der Waals surface area contributed by atoms with Gasteiger partial charge in [-0.2, -0.15) is 26.3 Å². The van der Waals surface area contributed by atoms with Crippen LogP contribution < -0.4 is 9.62 Å². The summed E-state index contributed by atoms with van der Waals surface area (Å²) in [7, 11) is -4.92. The number of carbonyl (C=O) groups excluding carboxylic acids is 1. The molecule has 0 radical (unpaired) electrons. The van der Waals surface area contributed by atoms with Gasteiger partial charge in [-0.25, -0.2) is 8.42 Å². The quantitative estimate of drug-likeness (QED) is 0.354. The molecule has 2 aromatic carbocycles. The molecule has 0 saturated carbocycles. The highest BCUT2D eigenvalue weighted by Gasteiger charge is 2.34. The van der Waals surface area contributed by atoms with Crippen molar-refractivity contribution in [3.05, 3.63) is 63.7 Å². The highest BCUT2D eigenvalue weighted by Crippen LogP contribution is 2.34. The fourth-order valence-electron chi connectivity index (χ4n) is 2.61. The number of amides is 1. The van der Waals surface area contributed by atoms with Crippen LogP contribution in [0.25, 0.3) is 0 Å². The Kier molecular flexibility index (Phi) is 7.26. The molecule has 0 bridgehead atoms. The summed E-state index contributed by atoms with van der Waals surface area (Å²) in [6, 6.07) is 5.37. The third-order valence-electron chi connectivity index (χ3n) is 4.20. The zero-order valence-electron chi connectivity index (χ0n) is 16.6. The van der Waals surface area contributed by atoms with Crippen LogP contribution in [-0.2, 0) is 21.0 Å². The standard InChI is InChI=1S/C18H15F6N3O5S/c1-11-5-6-14(8-15(11)27(29)30)33(31,32)26(9-16(28)25-10-17(19,20)21)13-4-2-3-12(7-13)18(22,23)24/h2-8H,9-10H2,1H3,(H,25,28). The molecule has 0 aliphatic heterocycles. The fourth-order valence-corrected chi connectivity index (χ4v) is 4.04. The maximum absolute atomic E-state index is 13.1. The molecule has 0 aliphatic carbocycles. The van der Waals surface area contributed by atoms with Gasteiger partial charge in [0.2, 0.25) is 5.91 Å². The van der Waals surface area contributed by atoms with Crippen LogP contribution in [0.3, 0.4) is 0 Å². The van der Waals surface area contributed by atoms with Gasteiger partial charge in [0.15, 0.2) is 0 Å². The van der Waals surface area contributed by atoms with Crippen molar-refractivity contribution in [2.24, 2.45) is 0 Å². The maximum atomic E-state index is 13.1. The Labute approximate surface area is 183 Å². The predicted octanol–water partition coefficient (Wildman–Crippen LogP) is 3.80. The van der Waals surface area contributed by atoms with Crippen molar-refractivity contribution < 1.29 is 44.5 Å². The summed E-state index contributed by atoms with van der Waals surface area (Å²) in [5.74, 6) is -1.46. The van der Waals surface area contributed by atoms with Crippen LogP contribution in [0.15, 0.2) is 47.4 Å². The number of sulfonamides is 1. The fraction of sp³-hybridized carbons (Fsp3) is 0.278. The number of halogens is 6. The van der Waals surface area contributed by atoms with E-state index in [1.807, 2.05) is 0 Å². The Hall–Kier alpha value is -3.36. The number of alkyl halides is 6. The van der Waals surface area contributed by atoms with Crippen molar-refractivity contribution in [3.63, 3.8) is 0 Å². The normalized spacial score (nSPS) is 12.3. The summed E-state index contributed by atoms with van der Waals surface area (Å²) >= 11 is 0. The minimum absolute atomic E-state index is 0.0764. The zero-order valence-corrected chi connectivity index (χ0v) is 17.4. The van der Waals surface area contributed by atoms with Crippen LogP contribution in [-0.4, -0.2) is 38.5 Å². The summed E-state index contributed by atoms with van der Waals surface area (Å²) in [5.41, 5.74) is -2.52. The van der Waals surface area contributed by atoms with E-state index in [9.17, 15) is 49.7 Å². The van der Waals surface area contributed by atoms with E-state index in [2.05, 4.69) is 0 Å². The maximum Gasteiger partial charge on any atom is 0.416 e. The number of nitrogens with one attached hydrogen (secondary N) is 1. The van der Waals surface area contributed by atoms with Crippen molar-refractivity contribution >= 4 is 27.3 Å². The zero-order chi connectivity index (χ0) is 25.2. The molecule has 180 valence electrons. The van der Waals surface area contributed by atoms with E-state index in [1.165, 1.54) is 12.2 Å². The first kappa shape index (κ1) is 25.9. The van der Waals surface area contributed by atoms with Gasteiger partial charge in [0.25, 0.3) is 15.7 Å². The number of hydrogen-bond acceptors (Lipinski definition) is 5. The Balaban J connectivity index is 2.58. The van der Waals surface area contributed by atoms with Crippen molar-refractivity contribution in [3.8, 4) is 0 Å². The molecular weight excluding hydrogens is 484 g/mol. The average molecular weight is 499 g/mol. The van der Waals surface area contributed by atoms with E-state index in [0.717, 1.165) is 24.3 Å². The van der Waals surface area contributed by atoms with E-state index in [4.69, 9.17) is 0 Å². The Bertz CT molecular complexity index is 1160. The van der Waals surface area contributed by atoms with Gasteiger partial charge in [-0.15, -0.1) is 0 Å². The number of anilines is 1. The predicted molar refractivity (Wildman–Crippen MR) is 103 cm³/mol. The number of benzene rings is 2. The second-order valence-electron chi connectivity index (χ2n) is 6.66. The van der Waals surface area contributed by atoms with Gasteiger partial charge < -0.3 is 5.32 Å². The van der Waals surface area contributed by atoms with Gasteiger partial charge in [-0.1, -0.05) is 12.1 Å². The SMILES string of the molecule is Cc1ccc(S(=O)(=O)N(CC(=O)NCC(F)(F)F)c2cccc(C(F)(F)F)c2)cc1[N+](=O)[O-].